The zero-order valence-corrected chi connectivity index (χ0v) is 14.4. The van der Waals surface area contributed by atoms with Gasteiger partial charge in [0.2, 0.25) is 5.82 Å². The van der Waals surface area contributed by atoms with E-state index >= 15 is 0 Å². The van der Waals surface area contributed by atoms with Crippen LogP contribution in [0.3, 0.4) is 0 Å². The Balaban J connectivity index is 1.95. The first kappa shape index (κ1) is 17.1. The molecule has 0 amide bonds. The summed E-state index contributed by atoms with van der Waals surface area (Å²) in [4.78, 5) is 17.7. The molecule has 1 aliphatic rings. The number of aromatic nitrogens is 2. The molecule has 1 saturated heterocycles. The summed E-state index contributed by atoms with van der Waals surface area (Å²) in [6, 6.07) is 4.87. The summed E-state index contributed by atoms with van der Waals surface area (Å²) < 4.78 is 15.9. The molecule has 2 heterocycles. The van der Waals surface area contributed by atoms with Gasteiger partial charge in [-0.1, -0.05) is 5.16 Å². The largest absolute Gasteiger partial charge is 0.497 e. The minimum Gasteiger partial charge on any atom is -0.497 e. The zero-order chi connectivity index (χ0) is 18.0. The Hall–Kier alpha value is -2.77. The molecule has 1 N–H and O–H groups in total. The van der Waals surface area contributed by atoms with E-state index in [0.717, 1.165) is 12.8 Å². The summed E-state index contributed by atoms with van der Waals surface area (Å²) in [6.45, 7) is 1.97. The highest BCUT2D eigenvalue weighted by atomic mass is 16.5. The molecular formula is C17H21N3O5. The van der Waals surface area contributed by atoms with Crippen LogP contribution in [0, 0.1) is 0 Å². The summed E-state index contributed by atoms with van der Waals surface area (Å²) in [5, 5.41) is 13.5. The van der Waals surface area contributed by atoms with E-state index in [1.807, 2.05) is 6.92 Å². The van der Waals surface area contributed by atoms with Gasteiger partial charge in [-0.05, 0) is 38.3 Å². The van der Waals surface area contributed by atoms with Crippen molar-refractivity contribution in [1.29, 1.82) is 0 Å². The highest BCUT2D eigenvalue weighted by molar-refractivity contribution is 5.77. The highest BCUT2D eigenvalue weighted by Gasteiger charge is 2.36. The number of methoxy groups -OCH3 is 2. The maximum absolute atomic E-state index is 11.6. The van der Waals surface area contributed by atoms with Crippen molar-refractivity contribution in [1.82, 2.24) is 10.1 Å². The number of hydrogen-bond acceptors (Lipinski definition) is 7. The average Bonchev–Trinajstić information content (AvgIpc) is 3.10. The number of hydrogen-bond donors (Lipinski definition) is 1. The van der Waals surface area contributed by atoms with E-state index < -0.39 is 12.0 Å². The molecule has 0 aliphatic carbocycles. The van der Waals surface area contributed by atoms with Crippen LogP contribution in [-0.2, 0) is 4.79 Å². The average molecular weight is 347 g/mol. The van der Waals surface area contributed by atoms with Crippen LogP contribution in [0.15, 0.2) is 22.7 Å². The third-order valence-corrected chi connectivity index (χ3v) is 4.44. The van der Waals surface area contributed by atoms with Gasteiger partial charge in [0.1, 0.15) is 17.5 Å². The Labute approximate surface area is 145 Å². The number of carboxylic acid groups (broad SMARTS) is 1. The van der Waals surface area contributed by atoms with E-state index in [1.165, 1.54) is 0 Å². The smallest absolute Gasteiger partial charge is 0.326 e. The van der Waals surface area contributed by atoms with Crippen molar-refractivity contribution in [3.8, 4) is 22.9 Å². The lowest BCUT2D eigenvalue weighted by Crippen LogP contribution is -2.49. The molecule has 2 atom stereocenters. The number of anilines is 1. The maximum atomic E-state index is 11.6. The van der Waals surface area contributed by atoms with Gasteiger partial charge < -0.3 is 24.0 Å². The number of rotatable bonds is 5. The second-order valence-corrected chi connectivity index (χ2v) is 6.04. The molecule has 8 heteroatoms. The highest BCUT2D eigenvalue weighted by Crippen LogP contribution is 2.32. The topological polar surface area (TPSA) is 97.9 Å². The van der Waals surface area contributed by atoms with E-state index in [9.17, 15) is 9.90 Å². The predicted octanol–water partition coefficient (Wildman–Crippen LogP) is 2.59. The summed E-state index contributed by atoms with van der Waals surface area (Å²) in [5.74, 6) is 0.689. The molecule has 3 rings (SSSR count). The van der Waals surface area contributed by atoms with Crippen molar-refractivity contribution in [2.24, 2.45) is 0 Å². The lowest BCUT2D eigenvalue weighted by atomic mass is 9.97. The number of aliphatic carboxylic acids is 1. The van der Waals surface area contributed by atoms with Crippen LogP contribution in [0.4, 0.5) is 6.01 Å². The zero-order valence-electron chi connectivity index (χ0n) is 14.4. The van der Waals surface area contributed by atoms with Gasteiger partial charge in [-0.25, -0.2) is 4.79 Å². The van der Waals surface area contributed by atoms with Crippen LogP contribution in [0.2, 0.25) is 0 Å². The summed E-state index contributed by atoms with van der Waals surface area (Å²) in [7, 11) is 3.13. The number of ether oxygens (including phenoxy) is 2. The van der Waals surface area contributed by atoms with Crippen LogP contribution in [0.25, 0.3) is 11.4 Å². The summed E-state index contributed by atoms with van der Waals surface area (Å²) >= 11 is 0. The van der Waals surface area contributed by atoms with Gasteiger partial charge in [-0.2, -0.15) is 4.98 Å². The van der Waals surface area contributed by atoms with Gasteiger partial charge in [0, 0.05) is 17.7 Å². The van der Waals surface area contributed by atoms with Crippen molar-refractivity contribution in [2.75, 3.05) is 19.1 Å². The Kier molecular flexibility index (Phi) is 4.78. The third-order valence-electron chi connectivity index (χ3n) is 4.44. The second kappa shape index (κ2) is 7.00. The number of nitrogens with zero attached hydrogens (tertiary/aromatic N) is 3. The molecule has 1 fully saturated rings. The van der Waals surface area contributed by atoms with E-state index in [0.29, 0.717) is 29.3 Å². The number of carbonyl (C=O) groups is 1. The Morgan fingerprint density at radius 1 is 1.24 bits per heavy atom. The lowest BCUT2D eigenvalue weighted by Gasteiger charge is -2.36. The van der Waals surface area contributed by atoms with Gasteiger partial charge >= 0.3 is 12.0 Å². The van der Waals surface area contributed by atoms with Crippen LogP contribution in [-0.4, -0.2) is 47.5 Å². The minimum atomic E-state index is -0.880. The fourth-order valence-electron chi connectivity index (χ4n) is 3.13. The molecule has 8 nitrogen and oxygen atoms in total. The van der Waals surface area contributed by atoms with Crippen molar-refractivity contribution < 1.29 is 23.9 Å². The van der Waals surface area contributed by atoms with Crippen molar-refractivity contribution in [2.45, 2.75) is 38.3 Å². The minimum absolute atomic E-state index is 0.0167. The normalized spacial score (nSPS) is 20.4. The standard InChI is InChI=1S/C17H21N3O5/c1-10-5-4-6-14(16(21)22)20(10)17-18-15(19-25-17)11-7-12(23-2)9-13(8-11)24-3/h7-10,14H,4-6H2,1-3H3,(H,21,22). The molecule has 1 aliphatic heterocycles. The molecular weight excluding hydrogens is 326 g/mol. The maximum Gasteiger partial charge on any atom is 0.326 e. The number of piperidine rings is 1. The quantitative estimate of drug-likeness (QED) is 0.881. The monoisotopic (exact) mass is 347 g/mol. The van der Waals surface area contributed by atoms with Gasteiger partial charge in [0.05, 0.1) is 14.2 Å². The number of benzene rings is 1. The molecule has 0 bridgehead atoms. The van der Waals surface area contributed by atoms with E-state index in [4.69, 9.17) is 14.0 Å². The van der Waals surface area contributed by atoms with Crippen molar-refractivity contribution in [3.63, 3.8) is 0 Å². The second-order valence-electron chi connectivity index (χ2n) is 6.04. The van der Waals surface area contributed by atoms with E-state index in [2.05, 4.69) is 10.1 Å². The predicted molar refractivity (Wildman–Crippen MR) is 90.1 cm³/mol. The Morgan fingerprint density at radius 2 is 1.92 bits per heavy atom. The molecule has 2 aromatic rings. The molecule has 0 spiro atoms. The van der Waals surface area contributed by atoms with Crippen LogP contribution in [0.1, 0.15) is 26.2 Å². The Bertz CT molecular complexity index is 738. The summed E-state index contributed by atoms with van der Waals surface area (Å²) in [6.07, 6.45) is 2.31. The third kappa shape index (κ3) is 3.38. The van der Waals surface area contributed by atoms with E-state index in [1.54, 1.807) is 37.3 Å². The Morgan fingerprint density at radius 3 is 2.52 bits per heavy atom. The molecule has 0 radical (unpaired) electrons. The summed E-state index contributed by atoms with van der Waals surface area (Å²) in [5.41, 5.74) is 0.669. The first-order chi connectivity index (χ1) is 12.0. The molecule has 1 aromatic heterocycles. The van der Waals surface area contributed by atoms with Gasteiger partial charge in [0.15, 0.2) is 0 Å². The fraction of sp³-hybridized carbons (Fsp3) is 0.471. The van der Waals surface area contributed by atoms with Gasteiger partial charge in [-0.15, -0.1) is 0 Å². The molecule has 25 heavy (non-hydrogen) atoms. The van der Waals surface area contributed by atoms with Crippen molar-refractivity contribution >= 4 is 12.0 Å². The van der Waals surface area contributed by atoms with Crippen LogP contribution >= 0.6 is 0 Å². The molecule has 134 valence electrons. The van der Waals surface area contributed by atoms with Crippen LogP contribution < -0.4 is 14.4 Å². The molecule has 1 aromatic carbocycles. The molecule has 0 saturated carbocycles. The van der Waals surface area contributed by atoms with Gasteiger partial charge in [-0.3, -0.25) is 0 Å². The fourth-order valence-corrected chi connectivity index (χ4v) is 3.13. The van der Waals surface area contributed by atoms with Gasteiger partial charge in [0.25, 0.3) is 0 Å². The van der Waals surface area contributed by atoms with E-state index in [-0.39, 0.29) is 12.1 Å². The van der Waals surface area contributed by atoms with Crippen molar-refractivity contribution in [3.05, 3.63) is 18.2 Å². The van der Waals surface area contributed by atoms with Crippen LogP contribution in [0.5, 0.6) is 11.5 Å². The lowest BCUT2D eigenvalue weighted by molar-refractivity contribution is -0.139. The first-order valence-electron chi connectivity index (χ1n) is 8.11. The SMILES string of the molecule is COc1cc(OC)cc(-c2noc(N3C(C)CCCC3C(=O)O)n2)c1. The first-order valence-corrected chi connectivity index (χ1v) is 8.11. The number of carboxylic acids is 1. The molecule has 2 unspecified atom stereocenters.